The summed E-state index contributed by atoms with van der Waals surface area (Å²) in [6.45, 7) is 2.34. The lowest BCUT2D eigenvalue weighted by Crippen LogP contribution is -2.31. The molecule has 0 bridgehead atoms. The largest absolute Gasteiger partial charge is 0.493 e. The molecule has 0 fully saturated rings. The standard InChI is InChI=1S/C13H18ClNO3/c1-9(14)8-15(2)13(16)10-5-6-11(17-3)12(7-10)18-4/h5-7,9H,8H2,1-4H3. The molecule has 18 heavy (non-hydrogen) atoms. The van der Waals surface area contributed by atoms with E-state index in [9.17, 15) is 4.79 Å². The van der Waals surface area contributed by atoms with E-state index in [-0.39, 0.29) is 11.3 Å². The molecule has 0 saturated heterocycles. The maximum Gasteiger partial charge on any atom is 0.253 e. The van der Waals surface area contributed by atoms with Gasteiger partial charge < -0.3 is 14.4 Å². The van der Waals surface area contributed by atoms with Crippen molar-refractivity contribution in [1.29, 1.82) is 0 Å². The fourth-order valence-electron chi connectivity index (χ4n) is 1.65. The van der Waals surface area contributed by atoms with Gasteiger partial charge in [0.2, 0.25) is 0 Å². The molecule has 0 radical (unpaired) electrons. The van der Waals surface area contributed by atoms with E-state index < -0.39 is 0 Å². The quantitative estimate of drug-likeness (QED) is 0.772. The predicted molar refractivity (Wildman–Crippen MR) is 71.8 cm³/mol. The number of halogens is 1. The Morgan fingerprint density at radius 3 is 2.44 bits per heavy atom. The molecule has 0 aromatic heterocycles. The van der Waals surface area contributed by atoms with Crippen LogP contribution in [-0.4, -0.2) is 44.0 Å². The van der Waals surface area contributed by atoms with Gasteiger partial charge in [-0.1, -0.05) is 0 Å². The summed E-state index contributed by atoms with van der Waals surface area (Å²) in [5.74, 6) is 1.04. The zero-order valence-corrected chi connectivity index (χ0v) is 11.8. The van der Waals surface area contributed by atoms with Crippen LogP contribution in [0.15, 0.2) is 18.2 Å². The van der Waals surface area contributed by atoms with Crippen LogP contribution < -0.4 is 9.47 Å². The van der Waals surface area contributed by atoms with Gasteiger partial charge in [-0.2, -0.15) is 0 Å². The van der Waals surface area contributed by atoms with E-state index in [1.165, 1.54) is 7.11 Å². The van der Waals surface area contributed by atoms with Crippen LogP contribution in [0.4, 0.5) is 0 Å². The third-order valence-electron chi connectivity index (χ3n) is 2.50. The summed E-state index contributed by atoms with van der Waals surface area (Å²) in [7, 11) is 4.81. The molecule has 1 atom stereocenters. The minimum atomic E-state index is -0.0940. The van der Waals surface area contributed by atoms with E-state index in [1.807, 2.05) is 6.92 Å². The summed E-state index contributed by atoms with van der Waals surface area (Å²) in [6, 6.07) is 5.08. The van der Waals surface area contributed by atoms with Crippen LogP contribution in [0.5, 0.6) is 11.5 Å². The van der Waals surface area contributed by atoms with E-state index >= 15 is 0 Å². The van der Waals surface area contributed by atoms with E-state index in [4.69, 9.17) is 21.1 Å². The molecule has 0 N–H and O–H groups in total. The number of ether oxygens (including phenoxy) is 2. The second kappa shape index (κ2) is 6.50. The molecule has 0 aliphatic rings. The average Bonchev–Trinajstić information content (AvgIpc) is 2.36. The normalized spacial score (nSPS) is 11.8. The first-order valence-corrected chi connectivity index (χ1v) is 6.04. The molecule has 5 heteroatoms. The molecule has 0 aliphatic carbocycles. The van der Waals surface area contributed by atoms with Crippen molar-refractivity contribution in [2.75, 3.05) is 27.8 Å². The van der Waals surface area contributed by atoms with Gasteiger partial charge in [0.05, 0.1) is 14.2 Å². The van der Waals surface area contributed by atoms with Crippen molar-refractivity contribution in [2.45, 2.75) is 12.3 Å². The zero-order valence-electron chi connectivity index (χ0n) is 11.1. The molecule has 4 nitrogen and oxygen atoms in total. The smallest absolute Gasteiger partial charge is 0.253 e. The fourth-order valence-corrected chi connectivity index (χ4v) is 1.86. The van der Waals surface area contributed by atoms with Gasteiger partial charge in [-0.25, -0.2) is 0 Å². The average molecular weight is 272 g/mol. The van der Waals surface area contributed by atoms with E-state index in [0.717, 1.165) is 0 Å². The van der Waals surface area contributed by atoms with Gasteiger partial charge in [0.15, 0.2) is 11.5 Å². The van der Waals surface area contributed by atoms with Crippen molar-refractivity contribution in [1.82, 2.24) is 4.90 Å². The molecule has 1 unspecified atom stereocenters. The molecule has 0 spiro atoms. The van der Waals surface area contributed by atoms with Gasteiger partial charge in [-0.05, 0) is 25.1 Å². The van der Waals surface area contributed by atoms with E-state index in [0.29, 0.717) is 23.6 Å². The first-order chi connectivity index (χ1) is 8.49. The Hall–Kier alpha value is -1.42. The Balaban J connectivity index is 2.92. The van der Waals surface area contributed by atoms with Gasteiger partial charge in [-0.15, -0.1) is 11.6 Å². The van der Waals surface area contributed by atoms with Crippen molar-refractivity contribution in [3.63, 3.8) is 0 Å². The monoisotopic (exact) mass is 271 g/mol. The number of carbonyl (C=O) groups excluding carboxylic acids is 1. The third-order valence-corrected chi connectivity index (χ3v) is 2.64. The summed E-state index contributed by atoms with van der Waals surface area (Å²) >= 11 is 5.87. The van der Waals surface area contributed by atoms with Gasteiger partial charge >= 0.3 is 0 Å². The molecule has 1 aromatic rings. The zero-order chi connectivity index (χ0) is 13.7. The summed E-state index contributed by atoms with van der Waals surface area (Å²) in [4.78, 5) is 13.7. The first kappa shape index (κ1) is 14.6. The molecule has 1 rings (SSSR count). The molecular weight excluding hydrogens is 254 g/mol. The van der Waals surface area contributed by atoms with Crippen molar-refractivity contribution in [3.8, 4) is 11.5 Å². The van der Waals surface area contributed by atoms with Gasteiger partial charge in [0.25, 0.3) is 5.91 Å². The van der Waals surface area contributed by atoms with Crippen LogP contribution in [0.2, 0.25) is 0 Å². The Morgan fingerprint density at radius 1 is 1.33 bits per heavy atom. The predicted octanol–water partition coefficient (Wildman–Crippen LogP) is 2.40. The van der Waals surface area contributed by atoms with Crippen molar-refractivity contribution >= 4 is 17.5 Å². The Kier molecular flexibility index (Phi) is 5.28. The summed E-state index contributed by atoms with van der Waals surface area (Å²) in [6.07, 6.45) is 0. The molecule has 0 aliphatic heterocycles. The topological polar surface area (TPSA) is 38.8 Å². The number of nitrogens with zero attached hydrogens (tertiary/aromatic N) is 1. The van der Waals surface area contributed by atoms with Crippen molar-refractivity contribution < 1.29 is 14.3 Å². The highest BCUT2D eigenvalue weighted by Gasteiger charge is 2.15. The molecule has 0 saturated carbocycles. The summed E-state index contributed by atoms with van der Waals surface area (Å²) in [5, 5.41) is -0.0842. The van der Waals surface area contributed by atoms with Crippen molar-refractivity contribution in [3.05, 3.63) is 23.8 Å². The Labute approximate surface area is 112 Å². The minimum absolute atomic E-state index is 0.0842. The molecule has 1 amide bonds. The van der Waals surface area contributed by atoms with Gasteiger partial charge in [0, 0.05) is 24.5 Å². The Morgan fingerprint density at radius 2 is 1.94 bits per heavy atom. The first-order valence-electron chi connectivity index (χ1n) is 5.61. The second-order valence-electron chi connectivity index (χ2n) is 4.04. The summed E-state index contributed by atoms with van der Waals surface area (Å²) < 4.78 is 10.3. The van der Waals surface area contributed by atoms with Crippen LogP contribution in [-0.2, 0) is 0 Å². The van der Waals surface area contributed by atoms with Crippen LogP contribution in [0, 0.1) is 0 Å². The van der Waals surface area contributed by atoms with Gasteiger partial charge in [-0.3, -0.25) is 4.79 Å². The number of amides is 1. The third kappa shape index (κ3) is 3.53. The van der Waals surface area contributed by atoms with Crippen LogP contribution in [0.3, 0.4) is 0 Å². The number of carbonyl (C=O) groups is 1. The number of rotatable bonds is 5. The number of hydrogen-bond donors (Lipinski definition) is 0. The lowest BCUT2D eigenvalue weighted by molar-refractivity contribution is 0.0795. The fraction of sp³-hybridized carbons (Fsp3) is 0.462. The highest BCUT2D eigenvalue weighted by molar-refractivity contribution is 6.20. The van der Waals surface area contributed by atoms with Crippen molar-refractivity contribution in [2.24, 2.45) is 0 Å². The molecule has 0 heterocycles. The highest BCUT2D eigenvalue weighted by Crippen LogP contribution is 2.27. The van der Waals surface area contributed by atoms with Crippen LogP contribution >= 0.6 is 11.6 Å². The second-order valence-corrected chi connectivity index (χ2v) is 4.78. The minimum Gasteiger partial charge on any atom is -0.493 e. The van der Waals surface area contributed by atoms with Gasteiger partial charge in [0.1, 0.15) is 0 Å². The number of alkyl halides is 1. The van der Waals surface area contributed by atoms with E-state index in [2.05, 4.69) is 0 Å². The van der Waals surface area contributed by atoms with Crippen LogP contribution in [0.1, 0.15) is 17.3 Å². The lowest BCUT2D eigenvalue weighted by atomic mass is 10.1. The molecule has 100 valence electrons. The number of hydrogen-bond acceptors (Lipinski definition) is 3. The Bertz CT molecular complexity index is 421. The molecule has 1 aromatic carbocycles. The lowest BCUT2D eigenvalue weighted by Gasteiger charge is -2.19. The SMILES string of the molecule is COc1ccc(C(=O)N(C)CC(C)Cl)cc1OC. The number of methoxy groups -OCH3 is 2. The molecular formula is C13H18ClNO3. The van der Waals surface area contributed by atoms with E-state index in [1.54, 1.807) is 37.3 Å². The number of benzene rings is 1. The maximum absolute atomic E-state index is 12.1. The van der Waals surface area contributed by atoms with Crippen LogP contribution in [0.25, 0.3) is 0 Å². The maximum atomic E-state index is 12.1. The highest BCUT2D eigenvalue weighted by atomic mass is 35.5. The summed E-state index contributed by atoms with van der Waals surface area (Å²) in [5.41, 5.74) is 0.549.